The van der Waals surface area contributed by atoms with E-state index < -0.39 is 6.10 Å². The van der Waals surface area contributed by atoms with E-state index in [1.807, 2.05) is 55.1 Å². The summed E-state index contributed by atoms with van der Waals surface area (Å²) in [5.41, 5.74) is 2.31. The number of benzene rings is 2. The number of carbonyl (C=O) groups excluding carboxylic acids is 1. The van der Waals surface area contributed by atoms with Crippen LogP contribution in [0.2, 0.25) is 0 Å². The lowest BCUT2D eigenvalue weighted by molar-refractivity contribution is -0.143. The van der Waals surface area contributed by atoms with Gasteiger partial charge in [0.05, 0.1) is 10.5 Å². The Balaban J connectivity index is 1.77. The molecule has 0 saturated carbocycles. The van der Waals surface area contributed by atoms with Crippen molar-refractivity contribution < 1.29 is 9.53 Å². The minimum atomic E-state index is -0.538. The van der Waals surface area contributed by atoms with Gasteiger partial charge >= 0.3 is 0 Å². The van der Waals surface area contributed by atoms with Crippen molar-refractivity contribution in [1.82, 2.24) is 9.80 Å². The van der Waals surface area contributed by atoms with Crippen molar-refractivity contribution in [2.75, 3.05) is 26.7 Å². The van der Waals surface area contributed by atoms with Crippen molar-refractivity contribution in [3.05, 3.63) is 64.1 Å². The summed E-state index contributed by atoms with van der Waals surface area (Å²) in [6, 6.07) is 16.2. The minimum absolute atomic E-state index is 0.0272. The van der Waals surface area contributed by atoms with Gasteiger partial charge in [-0.05, 0) is 60.1 Å². The van der Waals surface area contributed by atoms with Gasteiger partial charge in [-0.15, -0.1) is 0 Å². The number of halogens is 1. The van der Waals surface area contributed by atoms with Gasteiger partial charge in [0.1, 0.15) is 5.75 Å². The summed E-state index contributed by atoms with van der Waals surface area (Å²) in [7, 11) is 2.10. The number of amides is 1. The SMILES string of the molecule is Cc1ccc(OC(C)C(=O)N2CCN(C)CC2c2ccccc2)c(Br)c1. The normalized spacial score (nSPS) is 19.2. The summed E-state index contributed by atoms with van der Waals surface area (Å²) < 4.78 is 6.84. The molecule has 26 heavy (non-hydrogen) atoms. The maximum atomic E-state index is 13.1. The quantitative estimate of drug-likeness (QED) is 0.753. The van der Waals surface area contributed by atoms with Crippen LogP contribution in [0.5, 0.6) is 5.75 Å². The smallest absolute Gasteiger partial charge is 0.263 e. The van der Waals surface area contributed by atoms with Gasteiger partial charge in [0.15, 0.2) is 6.10 Å². The molecule has 0 N–H and O–H groups in total. The Morgan fingerprint density at radius 1 is 1.19 bits per heavy atom. The van der Waals surface area contributed by atoms with Crippen LogP contribution in [0.1, 0.15) is 24.1 Å². The molecule has 5 heteroatoms. The first kappa shape index (κ1) is 18.9. The largest absolute Gasteiger partial charge is 0.480 e. The summed E-state index contributed by atoms with van der Waals surface area (Å²) >= 11 is 3.52. The van der Waals surface area contributed by atoms with E-state index in [1.165, 1.54) is 0 Å². The van der Waals surface area contributed by atoms with Crippen LogP contribution in [0.15, 0.2) is 53.0 Å². The lowest BCUT2D eigenvalue weighted by Crippen LogP contribution is -2.52. The maximum absolute atomic E-state index is 13.1. The number of ether oxygens (including phenoxy) is 1. The molecule has 2 aromatic rings. The van der Waals surface area contributed by atoms with Gasteiger partial charge in [0.25, 0.3) is 5.91 Å². The zero-order valence-corrected chi connectivity index (χ0v) is 17.1. The molecular weight excluding hydrogens is 392 g/mol. The Morgan fingerprint density at radius 3 is 2.62 bits per heavy atom. The lowest BCUT2D eigenvalue weighted by atomic mass is 10.0. The van der Waals surface area contributed by atoms with Crippen molar-refractivity contribution >= 4 is 21.8 Å². The van der Waals surface area contributed by atoms with E-state index in [0.29, 0.717) is 12.3 Å². The van der Waals surface area contributed by atoms with Crippen LogP contribution in [-0.4, -0.2) is 48.5 Å². The Hall–Kier alpha value is -1.85. The predicted octanol–water partition coefficient (Wildman–Crippen LogP) is 4.04. The number of nitrogens with zero attached hydrogens (tertiary/aromatic N) is 2. The van der Waals surface area contributed by atoms with E-state index in [4.69, 9.17) is 4.74 Å². The van der Waals surface area contributed by atoms with Crippen LogP contribution in [0.3, 0.4) is 0 Å². The minimum Gasteiger partial charge on any atom is -0.480 e. The van der Waals surface area contributed by atoms with Crippen molar-refractivity contribution in [2.24, 2.45) is 0 Å². The molecule has 138 valence electrons. The molecule has 0 radical (unpaired) electrons. The van der Waals surface area contributed by atoms with E-state index in [1.54, 1.807) is 0 Å². The zero-order chi connectivity index (χ0) is 18.7. The van der Waals surface area contributed by atoms with Crippen LogP contribution in [0.25, 0.3) is 0 Å². The van der Waals surface area contributed by atoms with Crippen LogP contribution < -0.4 is 4.74 Å². The van der Waals surface area contributed by atoms with E-state index in [2.05, 4.69) is 40.0 Å². The number of carbonyl (C=O) groups is 1. The van der Waals surface area contributed by atoms with Gasteiger partial charge < -0.3 is 14.5 Å². The first-order chi connectivity index (χ1) is 12.5. The molecule has 1 fully saturated rings. The number of aryl methyl sites for hydroxylation is 1. The van der Waals surface area contributed by atoms with E-state index in [9.17, 15) is 4.79 Å². The molecule has 4 nitrogen and oxygen atoms in total. The highest BCUT2D eigenvalue weighted by atomic mass is 79.9. The van der Waals surface area contributed by atoms with Crippen LogP contribution in [0.4, 0.5) is 0 Å². The monoisotopic (exact) mass is 416 g/mol. The number of rotatable bonds is 4. The first-order valence-electron chi connectivity index (χ1n) is 8.92. The first-order valence-corrected chi connectivity index (χ1v) is 9.72. The molecule has 0 bridgehead atoms. The van der Waals surface area contributed by atoms with Gasteiger partial charge in [-0.25, -0.2) is 0 Å². The fourth-order valence-electron chi connectivity index (χ4n) is 3.32. The van der Waals surface area contributed by atoms with E-state index >= 15 is 0 Å². The molecule has 2 aromatic carbocycles. The van der Waals surface area contributed by atoms with Crippen LogP contribution in [0, 0.1) is 6.92 Å². The average Bonchev–Trinajstić information content (AvgIpc) is 2.64. The average molecular weight is 417 g/mol. The Kier molecular flexibility index (Phi) is 5.99. The fourth-order valence-corrected chi connectivity index (χ4v) is 3.91. The number of likely N-dealkylation sites (N-methyl/N-ethyl adjacent to an activating group) is 1. The third-order valence-electron chi connectivity index (χ3n) is 4.79. The predicted molar refractivity (Wildman–Crippen MR) is 107 cm³/mol. The number of hydrogen-bond acceptors (Lipinski definition) is 3. The summed E-state index contributed by atoms with van der Waals surface area (Å²) in [6.07, 6.45) is -0.538. The molecule has 1 heterocycles. The topological polar surface area (TPSA) is 32.8 Å². The van der Waals surface area contributed by atoms with Crippen molar-refractivity contribution in [3.8, 4) is 5.75 Å². The molecule has 1 aliphatic heterocycles. The molecule has 2 unspecified atom stereocenters. The summed E-state index contributed by atoms with van der Waals surface area (Å²) in [4.78, 5) is 17.4. The molecule has 3 rings (SSSR count). The maximum Gasteiger partial charge on any atom is 0.263 e. The number of piperazine rings is 1. The lowest BCUT2D eigenvalue weighted by Gasteiger charge is -2.41. The highest BCUT2D eigenvalue weighted by Crippen LogP contribution is 2.29. The molecule has 0 aliphatic carbocycles. The van der Waals surface area contributed by atoms with Gasteiger partial charge in [0.2, 0.25) is 0 Å². The standard InChI is InChI=1S/C21H25BrN2O2/c1-15-9-10-20(18(22)13-15)26-16(2)21(25)24-12-11-23(3)14-19(24)17-7-5-4-6-8-17/h4-10,13,16,19H,11-12,14H2,1-3H3. The third-order valence-corrected chi connectivity index (χ3v) is 5.41. The summed E-state index contributed by atoms with van der Waals surface area (Å²) in [6.45, 7) is 6.26. The Labute approximate surface area is 163 Å². The second kappa shape index (κ2) is 8.23. The summed E-state index contributed by atoms with van der Waals surface area (Å²) in [5.74, 6) is 0.723. The van der Waals surface area contributed by atoms with Crippen molar-refractivity contribution in [3.63, 3.8) is 0 Å². The van der Waals surface area contributed by atoms with Crippen molar-refractivity contribution in [2.45, 2.75) is 26.0 Å². The van der Waals surface area contributed by atoms with E-state index in [-0.39, 0.29) is 11.9 Å². The number of hydrogen-bond donors (Lipinski definition) is 0. The molecule has 0 aromatic heterocycles. The van der Waals surface area contributed by atoms with Gasteiger partial charge in [-0.2, -0.15) is 0 Å². The van der Waals surface area contributed by atoms with Crippen LogP contribution in [-0.2, 0) is 4.79 Å². The highest BCUT2D eigenvalue weighted by molar-refractivity contribution is 9.10. The van der Waals surface area contributed by atoms with Crippen molar-refractivity contribution in [1.29, 1.82) is 0 Å². The molecule has 1 amide bonds. The molecule has 0 spiro atoms. The molecule has 2 atom stereocenters. The van der Waals surface area contributed by atoms with Gasteiger partial charge in [-0.3, -0.25) is 4.79 Å². The summed E-state index contributed by atoms with van der Waals surface area (Å²) in [5, 5.41) is 0. The van der Waals surface area contributed by atoms with Crippen LogP contribution >= 0.6 is 15.9 Å². The Morgan fingerprint density at radius 2 is 1.92 bits per heavy atom. The molecule has 1 saturated heterocycles. The van der Waals surface area contributed by atoms with Gasteiger partial charge in [0, 0.05) is 19.6 Å². The van der Waals surface area contributed by atoms with Gasteiger partial charge in [-0.1, -0.05) is 36.4 Å². The fraction of sp³-hybridized carbons (Fsp3) is 0.381. The molecule has 1 aliphatic rings. The second-order valence-electron chi connectivity index (χ2n) is 6.91. The zero-order valence-electron chi connectivity index (χ0n) is 15.5. The highest BCUT2D eigenvalue weighted by Gasteiger charge is 2.33. The van der Waals surface area contributed by atoms with E-state index in [0.717, 1.165) is 28.7 Å². The second-order valence-corrected chi connectivity index (χ2v) is 7.77. The molecular formula is C21H25BrN2O2. The Bertz CT molecular complexity index is 766. The third kappa shape index (κ3) is 4.27.